The largest absolute Gasteiger partial charge is 0.350 e. The van der Waals surface area contributed by atoms with Gasteiger partial charge in [0, 0.05) is 26.4 Å². The summed E-state index contributed by atoms with van der Waals surface area (Å²) in [4.78, 5) is 10.9. The molecule has 1 heterocycles. The highest BCUT2D eigenvalue weighted by atomic mass is 32.2. The van der Waals surface area contributed by atoms with Crippen molar-refractivity contribution in [2.24, 2.45) is 0 Å². The molecule has 4 atom stereocenters. The van der Waals surface area contributed by atoms with Crippen LogP contribution in [0.4, 0.5) is 5.69 Å². The van der Waals surface area contributed by atoms with E-state index in [4.69, 9.17) is 9.05 Å². The van der Waals surface area contributed by atoms with Gasteiger partial charge in [-0.05, 0) is 24.6 Å². The summed E-state index contributed by atoms with van der Waals surface area (Å²) in [7, 11) is -2.56. The number of rotatable bonds is 7. The highest BCUT2D eigenvalue weighted by Crippen LogP contribution is 2.68. The second-order valence-corrected chi connectivity index (χ2v) is 9.76. The Balaban J connectivity index is 1.96. The summed E-state index contributed by atoms with van der Waals surface area (Å²) in [6, 6.07) is 12.5. The van der Waals surface area contributed by atoms with Crippen LogP contribution in [0.1, 0.15) is 17.2 Å². The predicted octanol–water partition coefficient (Wildman–Crippen LogP) is 3.79. The van der Waals surface area contributed by atoms with E-state index >= 15 is 0 Å². The number of nitro groups is 1. The molecule has 0 N–H and O–H groups in total. The van der Waals surface area contributed by atoms with E-state index in [1.54, 1.807) is 28.6 Å². The molecule has 1 aliphatic rings. The summed E-state index contributed by atoms with van der Waals surface area (Å²) in [5.41, 5.74) is 1.63. The summed E-state index contributed by atoms with van der Waals surface area (Å²) in [6.45, 7) is 1.93. The van der Waals surface area contributed by atoms with Crippen LogP contribution in [0.15, 0.2) is 53.4 Å². The molecule has 8 nitrogen and oxygen atoms in total. The van der Waals surface area contributed by atoms with Gasteiger partial charge in [0.1, 0.15) is 16.8 Å². The fourth-order valence-corrected chi connectivity index (χ4v) is 6.49. The maximum atomic E-state index is 13.1. The smallest absolute Gasteiger partial charge is 0.311 e. The van der Waals surface area contributed by atoms with Crippen molar-refractivity contribution in [2.75, 3.05) is 14.2 Å². The molecule has 2 aromatic rings. The lowest BCUT2D eigenvalue weighted by atomic mass is 10.1. The molecular weight excluding hydrogens is 391 g/mol. The molecule has 1 saturated heterocycles. The average Bonchev–Trinajstić information content (AvgIpc) is 3.44. The summed E-state index contributed by atoms with van der Waals surface area (Å²) in [5.74, 6) is -0.740. The number of aryl methyl sites for hydroxylation is 1. The van der Waals surface area contributed by atoms with Crippen molar-refractivity contribution < 1.29 is 22.7 Å². The lowest BCUT2D eigenvalue weighted by Gasteiger charge is -2.13. The summed E-state index contributed by atoms with van der Waals surface area (Å²) < 4.78 is 37.8. The minimum Gasteiger partial charge on any atom is -0.311 e. The van der Waals surface area contributed by atoms with Gasteiger partial charge in [0.25, 0.3) is 5.69 Å². The van der Waals surface area contributed by atoms with Gasteiger partial charge < -0.3 is 9.05 Å². The first kappa shape index (κ1) is 19.9. The SMILES string of the molecule is COP(=O)(OC)[C@H]1[C@@H](c2ccc([N+](=O)[O-])cc2)N1[S@@](=O)c1ccc(C)cc1. The Hall–Kier alpha value is -1.90. The van der Waals surface area contributed by atoms with Crippen LogP contribution in [0.25, 0.3) is 0 Å². The van der Waals surface area contributed by atoms with E-state index < -0.39 is 35.3 Å². The van der Waals surface area contributed by atoms with Crippen LogP contribution in [0.5, 0.6) is 0 Å². The quantitative estimate of drug-likeness (QED) is 0.298. The van der Waals surface area contributed by atoms with E-state index in [1.165, 1.54) is 26.4 Å². The van der Waals surface area contributed by atoms with Crippen LogP contribution < -0.4 is 0 Å². The molecule has 1 unspecified atom stereocenters. The molecule has 0 aliphatic carbocycles. The number of hydrogen-bond acceptors (Lipinski definition) is 6. The Morgan fingerprint density at radius 1 is 1.07 bits per heavy atom. The van der Waals surface area contributed by atoms with E-state index in [0.717, 1.165) is 5.56 Å². The second kappa shape index (κ2) is 7.61. The zero-order valence-corrected chi connectivity index (χ0v) is 16.7. The molecule has 1 aliphatic heterocycles. The minimum atomic E-state index is -3.54. The molecule has 0 saturated carbocycles. The Kier molecular flexibility index (Phi) is 5.60. The summed E-state index contributed by atoms with van der Waals surface area (Å²) in [6.07, 6.45) is 0. The molecule has 144 valence electrons. The van der Waals surface area contributed by atoms with Gasteiger partial charge in [-0.3, -0.25) is 14.7 Å². The first-order valence-electron chi connectivity index (χ1n) is 8.05. The van der Waals surface area contributed by atoms with Crippen molar-refractivity contribution in [1.29, 1.82) is 0 Å². The standard InChI is InChI=1S/C17H19N2O6PS/c1-12-4-10-15(11-5-12)27(23)18-16(17(18)26(22,24-2)25-3)13-6-8-14(9-7-13)19(20)21/h4-11,16-17H,1-3H3/t16-,17+,18?,27+/m1/s1. The third-order valence-electron chi connectivity index (χ3n) is 4.42. The zero-order valence-electron chi connectivity index (χ0n) is 15.0. The summed E-state index contributed by atoms with van der Waals surface area (Å²) in [5, 5.41) is 10.9. The van der Waals surface area contributed by atoms with E-state index in [9.17, 15) is 18.9 Å². The lowest BCUT2D eigenvalue weighted by Crippen LogP contribution is -2.09. The zero-order chi connectivity index (χ0) is 19.8. The number of benzene rings is 2. The van der Waals surface area contributed by atoms with Crippen molar-refractivity contribution in [3.05, 3.63) is 69.8 Å². The molecule has 2 aromatic carbocycles. The molecule has 0 radical (unpaired) electrons. The highest BCUT2D eigenvalue weighted by Gasteiger charge is 2.63. The van der Waals surface area contributed by atoms with E-state index in [2.05, 4.69) is 0 Å². The Labute approximate surface area is 159 Å². The van der Waals surface area contributed by atoms with Crippen LogP contribution in [-0.4, -0.2) is 33.4 Å². The van der Waals surface area contributed by atoms with Crippen LogP contribution in [-0.2, 0) is 24.6 Å². The van der Waals surface area contributed by atoms with Crippen molar-refractivity contribution in [3.8, 4) is 0 Å². The van der Waals surface area contributed by atoms with Crippen LogP contribution in [0, 0.1) is 17.0 Å². The van der Waals surface area contributed by atoms with Gasteiger partial charge in [-0.2, -0.15) is 4.31 Å². The van der Waals surface area contributed by atoms with Crippen molar-refractivity contribution in [1.82, 2.24) is 4.31 Å². The number of nitro benzene ring substituents is 1. The molecule has 0 amide bonds. The lowest BCUT2D eigenvalue weighted by molar-refractivity contribution is -0.384. The van der Waals surface area contributed by atoms with Crippen molar-refractivity contribution in [3.63, 3.8) is 0 Å². The topological polar surface area (TPSA) is 98.8 Å². The number of nitrogens with zero attached hydrogens (tertiary/aromatic N) is 2. The summed E-state index contributed by atoms with van der Waals surface area (Å²) >= 11 is 0. The molecule has 0 spiro atoms. The first-order valence-corrected chi connectivity index (χ1v) is 10.8. The minimum absolute atomic E-state index is 0.0520. The maximum Gasteiger partial charge on any atom is 0.350 e. The molecular formula is C17H19N2O6PS. The fourth-order valence-electron chi connectivity index (χ4n) is 2.89. The van der Waals surface area contributed by atoms with Crippen molar-refractivity contribution in [2.45, 2.75) is 23.6 Å². The Morgan fingerprint density at radius 3 is 2.11 bits per heavy atom. The van der Waals surface area contributed by atoms with Crippen LogP contribution in [0.3, 0.4) is 0 Å². The highest BCUT2D eigenvalue weighted by molar-refractivity contribution is 7.83. The van der Waals surface area contributed by atoms with Gasteiger partial charge in [-0.25, -0.2) is 4.21 Å². The van der Waals surface area contributed by atoms with Crippen LogP contribution in [0.2, 0.25) is 0 Å². The Morgan fingerprint density at radius 2 is 1.63 bits per heavy atom. The van der Waals surface area contributed by atoms with Gasteiger partial charge in [0.2, 0.25) is 0 Å². The van der Waals surface area contributed by atoms with Crippen molar-refractivity contribution >= 4 is 24.3 Å². The fraction of sp³-hybridized carbons (Fsp3) is 0.294. The van der Waals surface area contributed by atoms with Crippen LogP contribution >= 0.6 is 7.60 Å². The monoisotopic (exact) mass is 410 g/mol. The van der Waals surface area contributed by atoms with E-state index in [1.807, 2.05) is 19.1 Å². The van der Waals surface area contributed by atoms with E-state index in [0.29, 0.717) is 10.5 Å². The molecule has 27 heavy (non-hydrogen) atoms. The molecule has 10 heteroatoms. The number of non-ortho nitro benzene ring substituents is 1. The second-order valence-electron chi connectivity index (χ2n) is 6.03. The maximum absolute atomic E-state index is 13.1. The normalized spacial score (nSPS) is 23.0. The molecule has 3 rings (SSSR count). The van der Waals surface area contributed by atoms with E-state index in [-0.39, 0.29) is 5.69 Å². The predicted molar refractivity (Wildman–Crippen MR) is 101 cm³/mol. The average molecular weight is 410 g/mol. The molecule has 1 fully saturated rings. The Bertz CT molecular complexity index is 910. The van der Waals surface area contributed by atoms with Gasteiger partial charge in [-0.15, -0.1) is 0 Å². The molecule has 0 bridgehead atoms. The molecule has 0 aromatic heterocycles. The van der Waals surface area contributed by atoms with Gasteiger partial charge in [0.15, 0.2) is 0 Å². The first-order chi connectivity index (χ1) is 12.8. The van der Waals surface area contributed by atoms with Gasteiger partial charge >= 0.3 is 7.60 Å². The van der Waals surface area contributed by atoms with Gasteiger partial charge in [-0.1, -0.05) is 29.8 Å². The third kappa shape index (κ3) is 3.74. The van der Waals surface area contributed by atoms with Gasteiger partial charge in [0.05, 0.1) is 15.9 Å². The number of hydrogen-bond donors (Lipinski definition) is 0. The third-order valence-corrected chi connectivity index (χ3v) is 8.29.